The van der Waals surface area contributed by atoms with Crippen molar-refractivity contribution in [3.8, 4) is 0 Å². The SMILES string of the molecule is CCCC[C@H]1COC2(COC2)N1. The summed E-state index contributed by atoms with van der Waals surface area (Å²) < 4.78 is 10.8. The highest BCUT2D eigenvalue weighted by Crippen LogP contribution is 2.25. The summed E-state index contributed by atoms with van der Waals surface area (Å²) >= 11 is 0. The molecule has 0 saturated carbocycles. The van der Waals surface area contributed by atoms with Gasteiger partial charge in [-0.3, -0.25) is 5.32 Å². The van der Waals surface area contributed by atoms with Crippen LogP contribution in [0.3, 0.4) is 0 Å². The van der Waals surface area contributed by atoms with Gasteiger partial charge in [-0.25, -0.2) is 0 Å². The number of rotatable bonds is 3. The Labute approximate surface area is 73.4 Å². The van der Waals surface area contributed by atoms with E-state index in [9.17, 15) is 0 Å². The zero-order valence-corrected chi connectivity index (χ0v) is 7.64. The quantitative estimate of drug-likeness (QED) is 0.684. The van der Waals surface area contributed by atoms with E-state index in [2.05, 4.69) is 12.2 Å². The molecule has 0 aromatic rings. The van der Waals surface area contributed by atoms with Gasteiger partial charge in [0.25, 0.3) is 0 Å². The highest BCUT2D eigenvalue weighted by atomic mass is 16.6. The molecule has 0 aromatic heterocycles. The molecule has 2 aliphatic heterocycles. The lowest BCUT2D eigenvalue weighted by atomic mass is 10.1. The van der Waals surface area contributed by atoms with E-state index in [1.54, 1.807) is 0 Å². The molecule has 3 heteroatoms. The largest absolute Gasteiger partial charge is 0.372 e. The predicted molar refractivity (Wildman–Crippen MR) is 46.0 cm³/mol. The molecule has 2 rings (SSSR count). The first-order valence-electron chi connectivity index (χ1n) is 4.84. The molecule has 0 aliphatic carbocycles. The molecule has 2 heterocycles. The molecular formula is C9H17NO2. The standard InChI is InChI=1S/C9H17NO2/c1-2-3-4-8-5-12-9(10-8)6-11-7-9/h8,10H,2-7H2,1H3/t8-/m0/s1. The molecule has 2 saturated heterocycles. The average Bonchev–Trinajstić information content (AvgIpc) is 2.44. The van der Waals surface area contributed by atoms with Crippen molar-refractivity contribution in [2.24, 2.45) is 0 Å². The van der Waals surface area contributed by atoms with E-state index in [4.69, 9.17) is 9.47 Å². The first-order valence-corrected chi connectivity index (χ1v) is 4.84. The van der Waals surface area contributed by atoms with Crippen molar-refractivity contribution in [3.63, 3.8) is 0 Å². The normalized spacial score (nSPS) is 32.2. The first kappa shape index (κ1) is 8.48. The van der Waals surface area contributed by atoms with Crippen LogP contribution in [-0.4, -0.2) is 31.6 Å². The van der Waals surface area contributed by atoms with E-state index in [-0.39, 0.29) is 5.72 Å². The van der Waals surface area contributed by atoms with Gasteiger partial charge in [0.15, 0.2) is 5.72 Å². The van der Waals surface area contributed by atoms with Crippen LogP contribution in [0.1, 0.15) is 26.2 Å². The summed E-state index contributed by atoms with van der Waals surface area (Å²) in [4.78, 5) is 0. The van der Waals surface area contributed by atoms with Gasteiger partial charge in [0.1, 0.15) is 0 Å². The van der Waals surface area contributed by atoms with E-state index >= 15 is 0 Å². The van der Waals surface area contributed by atoms with Gasteiger partial charge in [-0.1, -0.05) is 19.8 Å². The van der Waals surface area contributed by atoms with Gasteiger partial charge >= 0.3 is 0 Å². The second kappa shape index (κ2) is 3.32. The van der Waals surface area contributed by atoms with E-state index in [0.29, 0.717) is 6.04 Å². The maximum absolute atomic E-state index is 5.65. The van der Waals surface area contributed by atoms with Crippen LogP contribution in [0.15, 0.2) is 0 Å². The Kier molecular flexibility index (Phi) is 2.35. The third-order valence-electron chi connectivity index (χ3n) is 2.60. The summed E-state index contributed by atoms with van der Waals surface area (Å²) in [5.41, 5.74) is -0.0849. The molecular weight excluding hydrogens is 154 g/mol. The van der Waals surface area contributed by atoms with Crippen molar-refractivity contribution in [1.82, 2.24) is 5.32 Å². The van der Waals surface area contributed by atoms with Gasteiger partial charge < -0.3 is 9.47 Å². The predicted octanol–water partition coefficient (Wildman–Crippen LogP) is 0.891. The minimum absolute atomic E-state index is 0.0849. The molecule has 1 atom stereocenters. The molecule has 0 radical (unpaired) electrons. The number of hydrogen-bond donors (Lipinski definition) is 1. The Bertz CT molecular complexity index is 155. The minimum Gasteiger partial charge on any atom is -0.372 e. The van der Waals surface area contributed by atoms with Crippen molar-refractivity contribution in [3.05, 3.63) is 0 Å². The Hall–Kier alpha value is -0.120. The molecule has 1 spiro atoms. The number of ether oxygens (including phenoxy) is 2. The number of unbranched alkanes of at least 4 members (excludes halogenated alkanes) is 1. The molecule has 0 aromatic carbocycles. The van der Waals surface area contributed by atoms with Crippen LogP contribution in [0.2, 0.25) is 0 Å². The summed E-state index contributed by atoms with van der Waals surface area (Å²) in [6.45, 7) is 4.55. The Morgan fingerprint density at radius 2 is 2.33 bits per heavy atom. The molecule has 2 fully saturated rings. The Morgan fingerprint density at radius 1 is 1.50 bits per heavy atom. The van der Waals surface area contributed by atoms with Crippen LogP contribution < -0.4 is 5.32 Å². The molecule has 1 N–H and O–H groups in total. The maximum Gasteiger partial charge on any atom is 0.166 e. The highest BCUT2D eigenvalue weighted by Gasteiger charge is 2.45. The lowest BCUT2D eigenvalue weighted by Crippen LogP contribution is -2.59. The molecule has 0 bridgehead atoms. The van der Waals surface area contributed by atoms with E-state index < -0.39 is 0 Å². The summed E-state index contributed by atoms with van der Waals surface area (Å²) in [7, 11) is 0. The van der Waals surface area contributed by atoms with Crippen LogP contribution in [0.5, 0.6) is 0 Å². The lowest BCUT2D eigenvalue weighted by molar-refractivity contribution is -0.195. The third kappa shape index (κ3) is 1.49. The molecule has 3 nitrogen and oxygen atoms in total. The molecule has 0 unspecified atom stereocenters. The van der Waals surface area contributed by atoms with Gasteiger partial charge in [-0.2, -0.15) is 0 Å². The van der Waals surface area contributed by atoms with Crippen molar-refractivity contribution >= 4 is 0 Å². The van der Waals surface area contributed by atoms with Crippen molar-refractivity contribution < 1.29 is 9.47 Å². The number of hydrogen-bond acceptors (Lipinski definition) is 3. The minimum atomic E-state index is -0.0849. The monoisotopic (exact) mass is 171 g/mol. The van der Waals surface area contributed by atoms with Crippen LogP contribution in [0.25, 0.3) is 0 Å². The van der Waals surface area contributed by atoms with E-state index in [1.807, 2.05) is 0 Å². The van der Waals surface area contributed by atoms with Gasteiger partial charge in [0.05, 0.1) is 19.8 Å². The topological polar surface area (TPSA) is 30.5 Å². The summed E-state index contributed by atoms with van der Waals surface area (Å²) in [6.07, 6.45) is 3.79. The van der Waals surface area contributed by atoms with Crippen molar-refractivity contribution in [2.45, 2.75) is 38.0 Å². The molecule has 70 valence electrons. The second-order valence-corrected chi connectivity index (χ2v) is 3.78. The van der Waals surface area contributed by atoms with Crippen molar-refractivity contribution in [2.75, 3.05) is 19.8 Å². The van der Waals surface area contributed by atoms with Gasteiger partial charge in [-0.15, -0.1) is 0 Å². The van der Waals surface area contributed by atoms with Crippen molar-refractivity contribution in [1.29, 1.82) is 0 Å². The van der Waals surface area contributed by atoms with E-state index in [1.165, 1.54) is 19.3 Å². The van der Waals surface area contributed by atoms with Crippen LogP contribution >= 0.6 is 0 Å². The van der Waals surface area contributed by atoms with Gasteiger partial charge in [0, 0.05) is 6.04 Å². The maximum atomic E-state index is 5.65. The smallest absolute Gasteiger partial charge is 0.166 e. The van der Waals surface area contributed by atoms with E-state index in [0.717, 1.165) is 19.8 Å². The molecule has 12 heavy (non-hydrogen) atoms. The van der Waals surface area contributed by atoms with Crippen LogP contribution in [-0.2, 0) is 9.47 Å². The average molecular weight is 171 g/mol. The zero-order valence-electron chi connectivity index (χ0n) is 7.64. The van der Waals surface area contributed by atoms with Gasteiger partial charge in [-0.05, 0) is 6.42 Å². The summed E-state index contributed by atoms with van der Waals surface area (Å²) in [5.74, 6) is 0. The Balaban J connectivity index is 1.74. The second-order valence-electron chi connectivity index (χ2n) is 3.78. The Morgan fingerprint density at radius 3 is 2.83 bits per heavy atom. The molecule has 0 amide bonds. The summed E-state index contributed by atoms with van der Waals surface area (Å²) in [5, 5.41) is 3.49. The highest BCUT2D eigenvalue weighted by molar-refractivity contribution is 4.93. The molecule has 2 aliphatic rings. The third-order valence-corrected chi connectivity index (χ3v) is 2.60. The van der Waals surface area contributed by atoms with Gasteiger partial charge in [0.2, 0.25) is 0 Å². The fraction of sp³-hybridized carbons (Fsp3) is 1.00. The fourth-order valence-electron chi connectivity index (χ4n) is 1.78. The fourth-order valence-corrected chi connectivity index (χ4v) is 1.78. The first-order chi connectivity index (χ1) is 5.85. The zero-order chi connectivity index (χ0) is 8.44. The summed E-state index contributed by atoms with van der Waals surface area (Å²) in [6, 6.07) is 0.564. The van der Waals surface area contributed by atoms with Crippen LogP contribution in [0.4, 0.5) is 0 Å². The number of nitrogens with one attached hydrogen (secondary N) is 1. The lowest BCUT2D eigenvalue weighted by Gasteiger charge is -2.37. The van der Waals surface area contributed by atoms with Crippen LogP contribution in [0, 0.1) is 0 Å².